The van der Waals surface area contributed by atoms with Crippen LogP contribution in [0.15, 0.2) is 0 Å². The van der Waals surface area contributed by atoms with Crippen LogP contribution in [0, 0.1) is 0 Å². The van der Waals surface area contributed by atoms with E-state index >= 15 is 0 Å². The molecule has 0 unspecified atom stereocenters. The summed E-state index contributed by atoms with van der Waals surface area (Å²) in [6, 6.07) is 0.144. The zero-order valence-corrected chi connectivity index (χ0v) is 10.1. The van der Waals surface area contributed by atoms with Gasteiger partial charge in [-0.1, -0.05) is 13.8 Å². The molecule has 0 fully saturated rings. The Bertz CT molecular complexity index is 288. The molecule has 98 valence electrons. The Morgan fingerprint density at radius 1 is 1.19 bits per heavy atom. The standard InChI is InChI=1S/C8H17F3N2O2S/c1-7(2)12-5-6-16(14,15)13-4-3-8(9,10)11/h7,12-13H,3-6H2,1-2H3. The van der Waals surface area contributed by atoms with Crippen LogP contribution in [0.2, 0.25) is 0 Å². The summed E-state index contributed by atoms with van der Waals surface area (Å²) in [6.45, 7) is 3.32. The van der Waals surface area contributed by atoms with Crippen molar-refractivity contribution < 1.29 is 21.6 Å². The first-order chi connectivity index (χ1) is 7.12. The lowest BCUT2D eigenvalue weighted by molar-refractivity contribution is -0.132. The van der Waals surface area contributed by atoms with Gasteiger partial charge >= 0.3 is 6.18 Å². The van der Waals surface area contributed by atoms with Crippen molar-refractivity contribution in [3.05, 3.63) is 0 Å². The molecule has 0 aliphatic rings. The fourth-order valence-corrected chi connectivity index (χ4v) is 1.85. The predicted octanol–water partition coefficient (Wildman–Crippen LogP) is 0.856. The zero-order valence-electron chi connectivity index (χ0n) is 9.26. The molecular weight excluding hydrogens is 245 g/mol. The van der Waals surface area contributed by atoms with E-state index < -0.39 is 29.2 Å². The normalized spacial score (nSPS) is 13.4. The molecule has 0 aromatic rings. The van der Waals surface area contributed by atoms with Gasteiger partial charge in [-0.3, -0.25) is 0 Å². The van der Waals surface area contributed by atoms with Gasteiger partial charge in [-0.25, -0.2) is 13.1 Å². The molecule has 16 heavy (non-hydrogen) atoms. The second-order valence-electron chi connectivity index (χ2n) is 3.69. The molecule has 0 radical (unpaired) electrons. The lowest BCUT2D eigenvalue weighted by atomic mass is 10.4. The van der Waals surface area contributed by atoms with Crippen LogP contribution in [-0.2, 0) is 10.0 Å². The molecule has 0 spiro atoms. The molecule has 0 aromatic heterocycles. The number of nitrogens with one attached hydrogen (secondary N) is 2. The fourth-order valence-electron chi connectivity index (χ4n) is 0.902. The molecule has 0 heterocycles. The van der Waals surface area contributed by atoms with Gasteiger partial charge in [0.05, 0.1) is 12.2 Å². The van der Waals surface area contributed by atoms with Gasteiger partial charge in [0.1, 0.15) is 0 Å². The minimum atomic E-state index is -4.33. The van der Waals surface area contributed by atoms with Gasteiger partial charge in [0.25, 0.3) is 0 Å². The van der Waals surface area contributed by atoms with E-state index in [-0.39, 0.29) is 18.3 Å². The van der Waals surface area contributed by atoms with E-state index in [1.165, 1.54) is 0 Å². The second-order valence-corrected chi connectivity index (χ2v) is 5.61. The minimum Gasteiger partial charge on any atom is -0.313 e. The predicted molar refractivity (Wildman–Crippen MR) is 55.6 cm³/mol. The minimum absolute atomic E-state index is 0.144. The maximum Gasteiger partial charge on any atom is 0.390 e. The van der Waals surface area contributed by atoms with Gasteiger partial charge in [-0.05, 0) is 0 Å². The summed E-state index contributed by atoms with van der Waals surface area (Å²) < 4.78 is 59.5. The zero-order chi connectivity index (χ0) is 12.8. The quantitative estimate of drug-likeness (QED) is 0.715. The van der Waals surface area contributed by atoms with Crippen molar-refractivity contribution in [1.82, 2.24) is 10.0 Å². The highest BCUT2D eigenvalue weighted by atomic mass is 32.2. The van der Waals surface area contributed by atoms with Crippen molar-refractivity contribution in [2.24, 2.45) is 0 Å². The van der Waals surface area contributed by atoms with Crippen LogP contribution in [0.1, 0.15) is 20.3 Å². The number of rotatable bonds is 7. The van der Waals surface area contributed by atoms with Gasteiger partial charge in [0.15, 0.2) is 0 Å². The topological polar surface area (TPSA) is 58.2 Å². The van der Waals surface area contributed by atoms with Crippen LogP contribution in [0.3, 0.4) is 0 Å². The van der Waals surface area contributed by atoms with Crippen molar-refractivity contribution in [2.45, 2.75) is 32.5 Å². The van der Waals surface area contributed by atoms with Crippen LogP contribution in [0.4, 0.5) is 13.2 Å². The highest BCUT2D eigenvalue weighted by Gasteiger charge is 2.27. The summed E-state index contributed by atoms with van der Waals surface area (Å²) in [5.74, 6) is -0.219. The van der Waals surface area contributed by atoms with Crippen LogP contribution in [0.5, 0.6) is 0 Å². The molecule has 0 atom stereocenters. The first-order valence-electron chi connectivity index (χ1n) is 4.90. The van der Waals surface area contributed by atoms with E-state index in [0.717, 1.165) is 0 Å². The molecule has 0 saturated heterocycles. The summed E-state index contributed by atoms with van der Waals surface area (Å²) >= 11 is 0. The van der Waals surface area contributed by atoms with Crippen LogP contribution in [0.25, 0.3) is 0 Å². The Balaban J connectivity index is 3.80. The van der Waals surface area contributed by atoms with Crippen molar-refractivity contribution in [3.8, 4) is 0 Å². The van der Waals surface area contributed by atoms with E-state index in [9.17, 15) is 21.6 Å². The van der Waals surface area contributed by atoms with Crippen LogP contribution < -0.4 is 10.0 Å². The molecule has 2 N–H and O–H groups in total. The van der Waals surface area contributed by atoms with Gasteiger partial charge in [0.2, 0.25) is 10.0 Å². The van der Waals surface area contributed by atoms with Crippen molar-refractivity contribution in [1.29, 1.82) is 0 Å². The highest BCUT2D eigenvalue weighted by Crippen LogP contribution is 2.18. The van der Waals surface area contributed by atoms with Gasteiger partial charge in [-0.15, -0.1) is 0 Å². The molecule has 0 bridgehead atoms. The van der Waals surface area contributed by atoms with Gasteiger partial charge < -0.3 is 5.32 Å². The average Bonchev–Trinajstić information content (AvgIpc) is 1.99. The Labute approximate surface area is 93.7 Å². The molecule has 0 aliphatic carbocycles. The number of alkyl halides is 3. The lowest BCUT2D eigenvalue weighted by Gasteiger charge is -2.10. The van der Waals surface area contributed by atoms with Crippen LogP contribution in [-0.4, -0.2) is 39.5 Å². The molecule has 0 amide bonds. The largest absolute Gasteiger partial charge is 0.390 e. The maximum atomic E-state index is 11.7. The third kappa shape index (κ3) is 10.2. The van der Waals surface area contributed by atoms with E-state index in [0.29, 0.717) is 0 Å². The van der Waals surface area contributed by atoms with Gasteiger partial charge in [0, 0.05) is 19.1 Å². The summed E-state index contributed by atoms with van der Waals surface area (Å²) in [7, 11) is -3.61. The number of hydrogen-bond acceptors (Lipinski definition) is 3. The van der Waals surface area contributed by atoms with Gasteiger partial charge in [-0.2, -0.15) is 13.2 Å². The second kappa shape index (κ2) is 6.41. The number of hydrogen-bond donors (Lipinski definition) is 2. The summed E-state index contributed by atoms with van der Waals surface area (Å²) in [5.41, 5.74) is 0. The van der Waals surface area contributed by atoms with E-state index in [2.05, 4.69) is 5.32 Å². The van der Waals surface area contributed by atoms with E-state index in [1.807, 2.05) is 18.6 Å². The third-order valence-corrected chi connectivity index (χ3v) is 3.04. The van der Waals surface area contributed by atoms with Crippen molar-refractivity contribution >= 4 is 10.0 Å². The first-order valence-corrected chi connectivity index (χ1v) is 6.55. The maximum absolute atomic E-state index is 11.7. The Hall–Kier alpha value is -0.340. The lowest BCUT2D eigenvalue weighted by Crippen LogP contribution is -2.35. The smallest absolute Gasteiger partial charge is 0.313 e. The van der Waals surface area contributed by atoms with E-state index in [1.54, 1.807) is 0 Å². The summed E-state index contributed by atoms with van der Waals surface area (Å²) in [4.78, 5) is 0. The van der Waals surface area contributed by atoms with Crippen molar-refractivity contribution in [2.75, 3.05) is 18.8 Å². The molecule has 8 heteroatoms. The number of halogens is 3. The fraction of sp³-hybridized carbons (Fsp3) is 1.00. The molecule has 0 aromatic carbocycles. The first kappa shape index (κ1) is 15.7. The Morgan fingerprint density at radius 3 is 2.19 bits per heavy atom. The van der Waals surface area contributed by atoms with Crippen molar-refractivity contribution in [3.63, 3.8) is 0 Å². The molecule has 0 aliphatic heterocycles. The molecular formula is C8H17F3N2O2S. The molecule has 0 rings (SSSR count). The molecule has 0 saturated carbocycles. The number of sulfonamides is 1. The average molecular weight is 262 g/mol. The summed E-state index contributed by atoms with van der Waals surface area (Å²) in [5, 5.41) is 2.87. The SMILES string of the molecule is CC(C)NCCS(=O)(=O)NCCC(F)(F)F. The van der Waals surface area contributed by atoms with E-state index in [4.69, 9.17) is 0 Å². The van der Waals surface area contributed by atoms with Crippen LogP contribution >= 0.6 is 0 Å². The third-order valence-electron chi connectivity index (χ3n) is 1.65. The highest BCUT2D eigenvalue weighted by molar-refractivity contribution is 7.89. The monoisotopic (exact) mass is 262 g/mol. The Morgan fingerprint density at radius 2 is 1.75 bits per heavy atom. The molecule has 4 nitrogen and oxygen atoms in total. The Kier molecular flexibility index (Phi) is 6.27. The summed E-state index contributed by atoms with van der Waals surface area (Å²) in [6.07, 6.45) is -5.48.